The molecule has 0 aliphatic carbocycles. The summed E-state index contributed by atoms with van der Waals surface area (Å²) in [6.07, 6.45) is 4.76. The van der Waals surface area contributed by atoms with Gasteiger partial charge in [-0.25, -0.2) is 0 Å². The van der Waals surface area contributed by atoms with E-state index in [-0.39, 0.29) is 0 Å². The molecular weight excluding hydrogens is 354 g/mol. The van der Waals surface area contributed by atoms with Crippen LogP contribution in [-0.2, 0) is 18.7 Å². The van der Waals surface area contributed by atoms with Gasteiger partial charge in [0.25, 0.3) is 0 Å². The van der Waals surface area contributed by atoms with E-state index in [1.54, 1.807) is 11.8 Å². The van der Waals surface area contributed by atoms with E-state index in [4.69, 9.17) is 0 Å². The first-order valence-corrected chi connectivity index (χ1v) is 9.86. The zero-order valence-corrected chi connectivity index (χ0v) is 15.9. The molecule has 6 heteroatoms. The van der Waals surface area contributed by atoms with E-state index >= 15 is 0 Å². The molecule has 0 unspecified atom stereocenters. The lowest BCUT2D eigenvalue weighted by molar-refractivity contribution is 0.651. The summed E-state index contributed by atoms with van der Waals surface area (Å²) in [6.45, 7) is 2.93. The van der Waals surface area contributed by atoms with Crippen LogP contribution in [0.3, 0.4) is 0 Å². The molecule has 0 bridgehead atoms. The molecule has 3 heterocycles. The molecule has 0 spiro atoms. The van der Waals surface area contributed by atoms with Gasteiger partial charge in [-0.15, -0.1) is 10.2 Å². The van der Waals surface area contributed by atoms with Gasteiger partial charge in [-0.3, -0.25) is 0 Å². The smallest absolute Gasteiger partial charge is 0.191 e. The number of benzene rings is 1. The molecule has 5 nitrogen and oxygen atoms in total. The molecule has 0 amide bonds. The SMILES string of the molecule is CCn1c(Cc2ccccc2)nnc1SCc1cn2ccccc2c1C#N. The Balaban J connectivity index is 1.56. The van der Waals surface area contributed by atoms with Crippen LogP contribution in [0, 0.1) is 11.3 Å². The first-order chi connectivity index (χ1) is 13.3. The first-order valence-electron chi connectivity index (χ1n) is 8.87. The molecule has 27 heavy (non-hydrogen) atoms. The highest BCUT2D eigenvalue weighted by molar-refractivity contribution is 7.98. The number of nitriles is 1. The third-order valence-corrected chi connectivity index (χ3v) is 5.56. The van der Waals surface area contributed by atoms with Gasteiger partial charge in [0.15, 0.2) is 5.16 Å². The van der Waals surface area contributed by atoms with Crippen molar-refractivity contribution in [2.75, 3.05) is 0 Å². The fourth-order valence-corrected chi connectivity index (χ4v) is 4.20. The zero-order valence-electron chi connectivity index (χ0n) is 15.0. The van der Waals surface area contributed by atoms with Gasteiger partial charge in [0.2, 0.25) is 0 Å². The maximum absolute atomic E-state index is 9.57. The second-order valence-electron chi connectivity index (χ2n) is 6.23. The molecule has 0 saturated heterocycles. The third kappa shape index (κ3) is 3.46. The Morgan fingerprint density at radius 1 is 1.07 bits per heavy atom. The van der Waals surface area contributed by atoms with Crippen molar-refractivity contribution in [3.8, 4) is 6.07 Å². The van der Waals surface area contributed by atoms with Crippen molar-refractivity contribution in [2.24, 2.45) is 0 Å². The maximum atomic E-state index is 9.57. The largest absolute Gasteiger partial charge is 0.322 e. The summed E-state index contributed by atoms with van der Waals surface area (Å²) in [6, 6.07) is 18.5. The van der Waals surface area contributed by atoms with Crippen molar-refractivity contribution in [1.29, 1.82) is 5.26 Å². The topological polar surface area (TPSA) is 58.9 Å². The van der Waals surface area contributed by atoms with Gasteiger partial charge in [0.1, 0.15) is 11.9 Å². The predicted molar refractivity (Wildman–Crippen MR) is 107 cm³/mol. The quantitative estimate of drug-likeness (QED) is 0.473. The van der Waals surface area contributed by atoms with Gasteiger partial charge in [-0.1, -0.05) is 48.2 Å². The highest BCUT2D eigenvalue weighted by atomic mass is 32.2. The molecule has 1 aromatic carbocycles. The molecule has 0 atom stereocenters. The van der Waals surface area contributed by atoms with Gasteiger partial charge in [-0.2, -0.15) is 5.26 Å². The zero-order chi connectivity index (χ0) is 18.6. The van der Waals surface area contributed by atoms with E-state index in [1.165, 1.54) is 5.56 Å². The molecule has 4 rings (SSSR count). The summed E-state index contributed by atoms with van der Waals surface area (Å²) >= 11 is 1.63. The van der Waals surface area contributed by atoms with Crippen LogP contribution in [0.25, 0.3) is 5.52 Å². The van der Waals surface area contributed by atoms with Crippen molar-refractivity contribution in [2.45, 2.75) is 30.8 Å². The van der Waals surface area contributed by atoms with E-state index in [9.17, 15) is 5.26 Å². The first kappa shape index (κ1) is 17.4. The fourth-order valence-electron chi connectivity index (χ4n) is 3.21. The Labute approximate surface area is 162 Å². The van der Waals surface area contributed by atoms with E-state index in [2.05, 4.69) is 39.9 Å². The Hall–Kier alpha value is -3.04. The summed E-state index contributed by atoms with van der Waals surface area (Å²) in [5, 5.41) is 19.3. The van der Waals surface area contributed by atoms with E-state index in [0.29, 0.717) is 5.75 Å². The van der Waals surface area contributed by atoms with Crippen molar-refractivity contribution in [1.82, 2.24) is 19.2 Å². The van der Waals surface area contributed by atoms with Crippen LogP contribution in [0.2, 0.25) is 0 Å². The number of hydrogen-bond acceptors (Lipinski definition) is 4. The molecule has 0 aliphatic heterocycles. The number of nitrogens with zero attached hydrogens (tertiary/aromatic N) is 5. The van der Waals surface area contributed by atoms with Gasteiger partial charge in [0, 0.05) is 31.1 Å². The van der Waals surface area contributed by atoms with Crippen LogP contribution in [0.4, 0.5) is 0 Å². The Morgan fingerprint density at radius 3 is 2.67 bits per heavy atom. The second-order valence-corrected chi connectivity index (χ2v) is 7.17. The highest BCUT2D eigenvalue weighted by Crippen LogP contribution is 2.27. The molecule has 0 fully saturated rings. The summed E-state index contributed by atoms with van der Waals surface area (Å²) in [5.74, 6) is 1.65. The van der Waals surface area contributed by atoms with Gasteiger partial charge in [0.05, 0.1) is 11.1 Å². The molecule has 4 aromatic rings. The van der Waals surface area contributed by atoms with Crippen molar-refractivity contribution >= 4 is 17.3 Å². The average molecular weight is 373 g/mol. The Kier molecular flexibility index (Phi) is 4.95. The number of aromatic nitrogens is 4. The normalized spacial score (nSPS) is 11.0. The number of thioether (sulfide) groups is 1. The van der Waals surface area contributed by atoms with Crippen LogP contribution >= 0.6 is 11.8 Å². The van der Waals surface area contributed by atoms with E-state index < -0.39 is 0 Å². The minimum Gasteiger partial charge on any atom is -0.322 e. The average Bonchev–Trinajstić information content (AvgIpc) is 3.27. The lowest BCUT2D eigenvalue weighted by Crippen LogP contribution is -2.04. The van der Waals surface area contributed by atoms with Crippen LogP contribution in [0.15, 0.2) is 66.1 Å². The Bertz CT molecular complexity index is 1100. The fraction of sp³-hybridized carbons (Fsp3) is 0.190. The van der Waals surface area contributed by atoms with Crippen LogP contribution in [-0.4, -0.2) is 19.2 Å². The van der Waals surface area contributed by atoms with Gasteiger partial charge < -0.3 is 8.97 Å². The van der Waals surface area contributed by atoms with Crippen molar-refractivity contribution < 1.29 is 0 Å². The molecule has 3 aromatic heterocycles. The van der Waals surface area contributed by atoms with E-state index in [0.717, 1.165) is 40.6 Å². The van der Waals surface area contributed by atoms with Crippen LogP contribution in [0.5, 0.6) is 0 Å². The maximum Gasteiger partial charge on any atom is 0.191 e. The highest BCUT2D eigenvalue weighted by Gasteiger charge is 2.15. The lowest BCUT2D eigenvalue weighted by Gasteiger charge is -2.07. The molecule has 0 N–H and O–H groups in total. The molecule has 0 radical (unpaired) electrons. The summed E-state index contributed by atoms with van der Waals surface area (Å²) < 4.78 is 4.15. The predicted octanol–water partition coefficient (Wildman–Crippen LogP) is 4.31. The van der Waals surface area contributed by atoms with Crippen LogP contribution in [0.1, 0.15) is 29.4 Å². The standard InChI is InChI=1S/C21H19N5S/c1-2-26-20(12-16-8-4-3-5-9-16)23-24-21(26)27-15-17-14-25-11-7-6-10-19(25)18(17)13-22/h3-11,14H,2,12,15H2,1H3. The minimum absolute atomic E-state index is 0.689. The van der Waals surface area contributed by atoms with Gasteiger partial charge in [-0.05, 0) is 30.2 Å². The Morgan fingerprint density at radius 2 is 1.89 bits per heavy atom. The third-order valence-electron chi connectivity index (χ3n) is 4.55. The molecule has 0 aliphatic rings. The van der Waals surface area contributed by atoms with Gasteiger partial charge >= 0.3 is 0 Å². The molecule has 0 saturated carbocycles. The summed E-state index contributed by atoms with van der Waals surface area (Å²) in [5.41, 5.74) is 3.91. The van der Waals surface area contributed by atoms with Crippen molar-refractivity contribution in [3.05, 3.63) is 83.4 Å². The second kappa shape index (κ2) is 7.68. The number of hydrogen-bond donors (Lipinski definition) is 0. The molecule has 134 valence electrons. The lowest BCUT2D eigenvalue weighted by atomic mass is 10.1. The summed E-state index contributed by atoms with van der Waals surface area (Å²) in [7, 11) is 0. The monoisotopic (exact) mass is 373 g/mol. The number of rotatable bonds is 6. The number of pyridine rings is 1. The van der Waals surface area contributed by atoms with E-state index in [1.807, 2.05) is 53.2 Å². The van der Waals surface area contributed by atoms with Crippen LogP contribution < -0.4 is 0 Å². The van der Waals surface area contributed by atoms with Crippen molar-refractivity contribution in [3.63, 3.8) is 0 Å². The molecular formula is C21H19N5S. The summed E-state index contributed by atoms with van der Waals surface area (Å²) in [4.78, 5) is 0. The minimum atomic E-state index is 0.689. The number of fused-ring (bicyclic) bond motifs is 1.